The lowest BCUT2D eigenvalue weighted by atomic mass is 9.97. The van der Waals surface area contributed by atoms with Gasteiger partial charge in [-0.3, -0.25) is 29.3 Å². The van der Waals surface area contributed by atoms with E-state index in [2.05, 4.69) is 44.3 Å². The lowest BCUT2D eigenvalue weighted by Gasteiger charge is -2.29. The molecule has 6 aromatic rings. The van der Waals surface area contributed by atoms with Gasteiger partial charge in [0.2, 0.25) is 17.6 Å². The predicted molar refractivity (Wildman–Crippen MR) is 234 cm³/mol. The molecule has 1 saturated carbocycles. The van der Waals surface area contributed by atoms with Gasteiger partial charge in [-0.2, -0.15) is 5.10 Å². The highest BCUT2D eigenvalue weighted by molar-refractivity contribution is 6.13. The molecule has 64 heavy (non-hydrogen) atoms. The van der Waals surface area contributed by atoms with Crippen LogP contribution < -0.4 is 16.0 Å². The van der Waals surface area contributed by atoms with E-state index in [1.807, 2.05) is 38.4 Å². The first-order valence-electron chi connectivity index (χ1n) is 21.8. The Bertz CT molecular complexity index is 2820. The van der Waals surface area contributed by atoms with E-state index in [-0.39, 0.29) is 88.6 Å². The molecular formula is C46H50N10O8. The zero-order chi connectivity index (χ0) is 44.6. The fourth-order valence-corrected chi connectivity index (χ4v) is 8.70. The molecule has 4 N–H and O–H groups in total. The van der Waals surface area contributed by atoms with Crippen LogP contribution in [0, 0.1) is 20.8 Å². The Morgan fingerprint density at radius 1 is 0.969 bits per heavy atom. The Balaban J connectivity index is 0.785. The van der Waals surface area contributed by atoms with Crippen molar-refractivity contribution in [3.05, 3.63) is 81.6 Å². The number of hydrogen-bond acceptors (Lipinski definition) is 13. The average Bonchev–Trinajstić information content (AvgIpc) is 3.66. The van der Waals surface area contributed by atoms with Crippen LogP contribution >= 0.6 is 0 Å². The minimum absolute atomic E-state index is 0.0131. The number of Topliss-reactive ketones (excluding diaryl/α,β-unsaturated/α-hetero) is 1. The molecule has 2 aliphatic heterocycles. The summed E-state index contributed by atoms with van der Waals surface area (Å²) in [5.41, 5.74) is 8.06. The quantitative estimate of drug-likeness (QED) is 0.0640. The molecular weight excluding hydrogens is 821 g/mol. The van der Waals surface area contributed by atoms with Crippen molar-refractivity contribution in [2.45, 2.75) is 91.3 Å². The number of ketones is 1. The van der Waals surface area contributed by atoms with Gasteiger partial charge in [-0.1, -0.05) is 17.3 Å². The summed E-state index contributed by atoms with van der Waals surface area (Å²) in [5, 5.41) is 19.3. The lowest BCUT2D eigenvalue weighted by Crippen LogP contribution is -2.52. The summed E-state index contributed by atoms with van der Waals surface area (Å²) in [7, 11) is 0. The van der Waals surface area contributed by atoms with Gasteiger partial charge in [0.1, 0.15) is 34.9 Å². The number of imide groups is 1. The van der Waals surface area contributed by atoms with E-state index in [1.165, 1.54) is 4.90 Å². The zero-order valence-corrected chi connectivity index (χ0v) is 36.3. The molecule has 1 aliphatic carbocycles. The minimum Gasteiger partial charge on any atom is -0.379 e. The fraction of sp³-hybridized carbons (Fsp3) is 0.413. The highest BCUT2D eigenvalue weighted by atomic mass is 16.5. The van der Waals surface area contributed by atoms with Crippen molar-refractivity contribution in [2.75, 3.05) is 38.3 Å². The van der Waals surface area contributed by atoms with Crippen LogP contribution in [-0.4, -0.2) is 103 Å². The van der Waals surface area contributed by atoms with Gasteiger partial charge >= 0.3 is 0 Å². The summed E-state index contributed by atoms with van der Waals surface area (Å²) in [6.07, 6.45) is 2.99. The number of hydrogen-bond donors (Lipinski definition) is 4. The van der Waals surface area contributed by atoms with Crippen molar-refractivity contribution in [2.24, 2.45) is 0 Å². The average molecular weight is 871 g/mol. The second-order valence-electron chi connectivity index (χ2n) is 16.6. The molecule has 4 amide bonds. The molecule has 0 bridgehead atoms. The Hall–Kier alpha value is -6.79. The number of ether oxygens (including phenoxy) is 2. The van der Waals surface area contributed by atoms with Crippen LogP contribution in [0.4, 0.5) is 11.6 Å². The zero-order valence-electron chi connectivity index (χ0n) is 36.3. The Kier molecular flexibility index (Phi) is 11.8. The maximum absolute atomic E-state index is 13.6. The number of piperidine rings is 1. The van der Waals surface area contributed by atoms with Crippen LogP contribution in [0.5, 0.6) is 0 Å². The molecule has 2 aromatic carbocycles. The molecule has 1 unspecified atom stereocenters. The second kappa shape index (κ2) is 17.8. The summed E-state index contributed by atoms with van der Waals surface area (Å²) >= 11 is 0. The molecule has 332 valence electrons. The van der Waals surface area contributed by atoms with Crippen LogP contribution in [-0.2, 0) is 43.4 Å². The number of aromatic nitrogens is 6. The summed E-state index contributed by atoms with van der Waals surface area (Å²) < 4.78 is 18.8. The van der Waals surface area contributed by atoms with Crippen LogP contribution in [0.3, 0.4) is 0 Å². The van der Waals surface area contributed by atoms with E-state index in [9.17, 15) is 24.0 Å². The third kappa shape index (κ3) is 8.49. The molecule has 0 radical (unpaired) electrons. The van der Waals surface area contributed by atoms with Gasteiger partial charge in [0.05, 0.1) is 43.2 Å². The summed E-state index contributed by atoms with van der Waals surface area (Å²) in [6, 6.07) is 10.7. The Labute approximate surface area is 367 Å². The number of H-pyrrole nitrogens is 1. The third-order valence-corrected chi connectivity index (χ3v) is 12.1. The van der Waals surface area contributed by atoms with Crippen LogP contribution in [0.1, 0.15) is 99.8 Å². The van der Waals surface area contributed by atoms with Gasteiger partial charge in [-0.25, -0.2) is 14.6 Å². The van der Waals surface area contributed by atoms with Crippen molar-refractivity contribution in [3.8, 4) is 11.1 Å². The summed E-state index contributed by atoms with van der Waals surface area (Å²) in [5.74, 6) is 0.832. The standard InChI is InChI=1S/C46H50N10O8/c1-5-56-37(22-34(53-56)27-9-10-27)49-42-40-32-19-24(2)31(39-25(3)54-64-26(39)4)21-35(32)48-41(40)51-43(52-42)45(60)47-14-16-63-18-17-62-15-13-29(57)20-28-7-6-8-30-33(28)23-55(46(30)61)36-11-12-38(58)50-44(36)59/h6-8,19,21-22,27,36H,5,9-18,20,23H2,1-4H3,(H,47,60)(H,50,58,59)(H2,48,49,51,52). The van der Waals surface area contributed by atoms with Crippen molar-refractivity contribution < 1.29 is 38.0 Å². The Morgan fingerprint density at radius 2 is 1.78 bits per heavy atom. The van der Waals surface area contributed by atoms with Crippen LogP contribution in [0.2, 0.25) is 0 Å². The summed E-state index contributed by atoms with van der Waals surface area (Å²) in [6.45, 7) is 9.88. The molecule has 0 spiro atoms. The highest BCUT2D eigenvalue weighted by Crippen LogP contribution is 2.41. The number of carbonyl (C=O) groups excluding carboxylic acids is 5. The molecule has 6 heterocycles. The molecule has 1 saturated heterocycles. The number of anilines is 2. The lowest BCUT2D eigenvalue weighted by molar-refractivity contribution is -0.137. The number of benzene rings is 2. The number of aromatic amines is 1. The molecule has 18 heteroatoms. The maximum Gasteiger partial charge on any atom is 0.289 e. The SMILES string of the molecule is CCn1nc(C2CC2)cc1Nc1nc(C(=O)NCCOCCOCCC(=O)Cc2cccc3c2CN(C2CCC(=O)NC2=O)C3=O)nc2[nH]c3cc(-c4c(C)noc4C)c(C)cc3c12. The van der Waals surface area contributed by atoms with Gasteiger partial charge in [-0.05, 0) is 87.4 Å². The number of rotatable bonds is 18. The smallest absolute Gasteiger partial charge is 0.289 e. The number of carbonyl (C=O) groups is 5. The maximum atomic E-state index is 13.6. The second-order valence-corrected chi connectivity index (χ2v) is 16.6. The van der Waals surface area contributed by atoms with Gasteiger partial charge in [0.25, 0.3) is 11.8 Å². The van der Waals surface area contributed by atoms with Crippen molar-refractivity contribution in [3.63, 3.8) is 0 Å². The van der Waals surface area contributed by atoms with Crippen molar-refractivity contribution >= 4 is 63.0 Å². The molecule has 3 aliphatic rings. The van der Waals surface area contributed by atoms with Gasteiger partial charge in [0, 0.05) is 72.9 Å². The minimum atomic E-state index is -0.720. The third-order valence-electron chi connectivity index (χ3n) is 12.1. The molecule has 1 atom stereocenters. The Morgan fingerprint density at radius 3 is 2.53 bits per heavy atom. The normalized spacial score (nSPS) is 16.2. The van der Waals surface area contributed by atoms with Crippen molar-refractivity contribution in [1.82, 2.24) is 45.4 Å². The molecule has 18 nitrogen and oxygen atoms in total. The summed E-state index contributed by atoms with van der Waals surface area (Å²) in [4.78, 5) is 78.1. The number of nitrogens with zero attached hydrogens (tertiary/aromatic N) is 6. The monoisotopic (exact) mass is 870 g/mol. The van der Waals surface area contributed by atoms with Gasteiger partial charge in [-0.15, -0.1) is 0 Å². The number of nitrogens with one attached hydrogen (secondary N) is 4. The van der Waals surface area contributed by atoms with Crippen LogP contribution in [0.15, 0.2) is 40.9 Å². The van der Waals surface area contributed by atoms with E-state index < -0.39 is 17.9 Å². The van der Waals surface area contributed by atoms with E-state index in [4.69, 9.17) is 29.1 Å². The number of amides is 4. The first-order valence-corrected chi connectivity index (χ1v) is 21.8. The van der Waals surface area contributed by atoms with E-state index in [0.717, 1.165) is 79.9 Å². The molecule has 4 aromatic heterocycles. The van der Waals surface area contributed by atoms with Crippen LogP contribution in [0.25, 0.3) is 33.1 Å². The van der Waals surface area contributed by atoms with Crippen molar-refractivity contribution in [1.29, 1.82) is 0 Å². The number of fused-ring (bicyclic) bond motifs is 4. The van der Waals surface area contributed by atoms with E-state index >= 15 is 0 Å². The topological polar surface area (TPSA) is 229 Å². The molecule has 9 rings (SSSR count). The fourth-order valence-electron chi connectivity index (χ4n) is 8.70. The largest absolute Gasteiger partial charge is 0.379 e. The van der Waals surface area contributed by atoms with Gasteiger partial charge < -0.3 is 34.5 Å². The highest BCUT2D eigenvalue weighted by Gasteiger charge is 2.40. The number of aryl methyl sites for hydroxylation is 4. The predicted octanol–water partition coefficient (Wildman–Crippen LogP) is 5.25. The van der Waals surface area contributed by atoms with E-state index in [1.54, 1.807) is 12.1 Å². The van der Waals surface area contributed by atoms with E-state index in [0.29, 0.717) is 29.5 Å². The molecule has 2 fully saturated rings. The van der Waals surface area contributed by atoms with Gasteiger partial charge in [0.15, 0.2) is 0 Å². The first-order chi connectivity index (χ1) is 31.0. The first kappa shape index (κ1) is 42.5.